The van der Waals surface area contributed by atoms with Gasteiger partial charge in [-0.25, -0.2) is 0 Å². The molecule has 0 aliphatic carbocycles. The minimum atomic E-state index is 0. The topological polar surface area (TPSA) is 26.8 Å². The quantitative estimate of drug-likeness (QED) is 0.240. The first-order valence-electron chi connectivity index (χ1n) is 11.9. The van der Waals surface area contributed by atoms with Gasteiger partial charge in [-0.1, -0.05) is 12.1 Å². The van der Waals surface area contributed by atoms with Crippen LogP contribution in [0.2, 0.25) is 0 Å². The van der Waals surface area contributed by atoms with E-state index < -0.39 is 0 Å². The molecule has 0 amide bonds. The van der Waals surface area contributed by atoms with Crippen molar-refractivity contribution in [2.24, 2.45) is 0 Å². The summed E-state index contributed by atoms with van der Waals surface area (Å²) in [5, 5.41) is 0. The van der Waals surface area contributed by atoms with Gasteiger partial charge in [0.2, 0.25) is 0 Å². The van der Waals surface area contributed by atoms with E-state index >= 15 is 0 Å². The molecular formula is C27H39ClN3OP. The Kier molecular flexibility index (Phi) is 11.4. The molecule has 0 saturated heterocycles. The summed E-state index contributed by atoms with van der Waals surface area (Å²) in [6, 6.07) is 13.8. The second-order valence-electron chi connectivity index (χ2n) is 9.22. The first kappa shape index (κ1) is 27.4. The SMILES string of the molecule is CN(C)c1ccc2c(c1)N(CCCCCCCCCC#P=O)c1cc(N(C)C)ccc1C2.Cl. The van der Waals surface area contributed by atoms with Gasteiger partial charge in [0.05, 0.1) is 0 Å². The van der Waals surface area contributed by atoms with Crippen LogP contribution < -0.4 is 14.7 Å². The van der Waals surface area contributed by atoms with Crippen LogP contribution in [0.1, 0.15) is 62.5 Å². The number of anilines is 4. The van der Waals surface area contributed by atoms with E-state index in [2.05, 4.69) is 84.9 Å². The Morgan fingerprint density at radius 2 is 1.27 bits per heavy atom. The standard InChI is InChI=1S/C27H38N3OP.ClH/c1-28(2)24-15-13-22-19-23-14-16-25(29(3)4)21-27(23)30(26(22)20-24)17-11-9-7-5-6-8-10-12-18-32-31;/h13-16,20-21H,5-12,17,19H2,1-4H3;1H. The number of halogens is 1. The molecule has 0 radical (unpaired) electrons. The van der Waals surface area contributed by atoms with Crippen LogP contribution in [-0.2, 0) is 11.0 Å². The van der Waals surface area contributed by atoms with Crippen molar-refractivity contribution in [3.05, 3.63) is 47.5 Å². The Balaban J connectivity index is 0.00000385. The maximum absolute atomic E-state index is 10.4. The number of benzene rings is 2. The summed E-state index contributed by atoms with van der Waals surface area (Å²) in [5.74, 6) is 0. The molecule has 33 heavy (non-hydrogen) atoms. The average molecular weight is 488 g/mol. The molecule has 0 aromatic heterocycles. The van der Waals surface area contributed by atoms with E-state index in [-0.39, 0.29) is 20.3 Å². The predicted molar refractivity (Wildman–Crippen MR) is 147 cm³/mol. The predicted octanol–water partition coefficient (Wildman–Crippen LogP) is 7.65. The molecule has 0 saturated carbocycles. The van der Waals surface area contributed by atoms with Crippen molar-refractivity contribution >= 4 is 43.1 Å². The van der Waals surface area contributed by atoms with Crippen molar-refractivity contribution in [3.63, 3.8) is 0 Å². The van der Waals surface area contributed by atoms with Gasteiger partial charge in [0.1, 0.15) is 0 Å². The first-order chi connectivity index (χ1) is 15.5. The fourth-order valence-corrected chi connectivity index (χ4v) is 4.69. The summed E-state index contributed by atoms with van der Waals surface area (Å²) >= 11 is 0. The van der Waals surface area contributed by atoms with E-state index in [4.69, 9.17) is 0 Å². The molecule has 0 bridgehead atoms. The van der Waals surface area contributed by atoms with Crippen molar-refractivity contribution < 1.29 is 4.57 Å². The van der Waals surface area contributed by atoms with E-state index in [0.717, 1.165) is 25.8 Å². The van der Waals surface area contributed by atoms with Crippen LogP contribution in [0.3, 0.4) is 0 Å². The summed E-state index contributed by atoms with van der Waals surface area (Å²) in [6.07, 6.45) is 10.5. The number of hydrogen-bond acceptors (Lipinski definition) is 4. The third-order valence-electron chi connectivity index (χ3n) is 6.37. The van der Waals surface area contributed by atoms with Crippen molar-refractivity contribution in [2.45, 2.75) is 57.8 Å². The third-order valence-corrected chi connectivity index (χ3v) is 6.72. The van der Waals surface area contributed by atoms with Gasteiger partial charge in [-0.2, -0.15) is 0 Å². The Hall–Kier alpha value is -1.86. The van der Waals surface area contributed by atoms with Gasteiger partial charge < -0.3 is 9.80 Å². The van der Waals surface area contributed by atoms with Crippen LogP contribution >= 0.6 is 20.3 Å². The Morgan fingerprint density at radius 3 is 1.76 bits per heavy atom. The van der Waals surface area contributed by atoms with Gasteiger partial charge >= 0.3 is 92.3 Å². The minimum Gasteiger partial charge on any atom is -0.378 e. The molecule has 1 heterocycles. The van der Waals surface area contributed by atoms with Gasteiger partial charge in [-0.05, 0) is 35.4 Å². The van der Waals surface area contributed by atoms with Crippen LogP contribution in [0.5, 0.6) is 0 Å². The van der Waals surface area contributed by atoms with E-state index in [1.54, 1.807) is 0 Å². The molecule has 0 fully saturated rings. The van der Waals surface area contributed by atoms with Gasteiger partial charge in [-0.15, -0.1) is 12.4 Å². The van der Waals surface area contributed by atoms with Crippen LogP contribution in [-0.4, -0.2) is 34.7 Å². The molecule has 0 unspecified atom stereocenters. The van der Waals surface area contributed by atoms with Gasteiger partial charge in [0.25, 0.3) is 0 Å². The van der Waals surface area contributed by atoms with Crippen LogP contribution in [0.15, 0.2) is 36.4 Å². The molecule has 2 aromatic carbocycles. The Bertz CT molecular complexity index is 946. The van der Waals surface area contributed by atoms with Crippen LogP contribution in [0.4, 0.5) is 22.7 Å². The zero-order valence-corrected chi connectivity index (χ0v) is 22.4. The van der Waals surface area contributed by atoms with Crippen LogP contribution in [0.25, 0.3) is 0 Å². The van der Waals surface area contributed by atoms with Gasteiger partial charge in [0, 0.05) is 46.0 Å². The smallest absolute Gasteiger partial charge is 0.378 e. The number of fused-ring (bicyclic) bond motifs is 2. The normalized spacial score (nSPS) is 11.7. The fraction of sp³-hybridized carbons (Fsp3) is 0.519. The number of unbranched alkanes of at least 4 members (excludes halogenated alkanes) is 7. The molecule has 1 aliphatic heterocycles. The molecule has 3 rings (SSSR count). The van der Waals surface area contributed by atoms with Gasteiger partial charge in [0.15, 0.2) is 0 Å². The van der Waals surface area contributed by atoms with E-state index in [1.165, 1.54) is 72.4 Å². The average Bonchev–Trinajstić information content (AvgIpc) is 2.78. The second-order valence-corrected chi connectivity index (χ2v) is 9.72. The van der Waals surface area contributed by atoms with E-state index in [0.29, 0.717) is 0 Å². The summed E-state index contributed by atoms with van der Waals surface area (Å²) in [6.45, 7) is 1.06. The zero-order chi connectivity index (χ0) is 22.9. The molecule has 0 N–H and O–H groups in total. The summed E-state index contributed by atoms with van der Waals surface area (Å²) in [7, 11) is 8.51. The molecular weight excluding hydrogens is 449 g/mol. The summed E-state index contributed by atoms with van der Waals surface area (Å²) in [4.78, 5) is 6.94. The molecule has 0 atom stereocenters. The maximum atomic E-state index is 10.4. The Morgan fingerprint density at radius 1 is 0.788 bits per heavy atom. The first-order valence-corrected chi connectivity index (χ1v) is 12.8. The van der Waals surface area contributed by atoms with Gasteiger partial charge in [-0.3, -0.25) is 0 Å². The fourth-order valence-electron chi connectivity index (χ4n) is 4.44. The third kappa shape index (κ3) is 7.57. The summed E-state index contributed by atoms with van der Waals surface area (Å²) < 4.78 is 10.4. The molecule has 1 aliphatic rings. The number of nitrogens with zero attached hydrogens (tertiary/aromatic N) is 3. The van der Waals surface area contributed by atoms with Crippen molar-refractivity contribution in [1.29, 1.82) is 0 Å². The van der Waals surface area contributed by atoms with Crippen molar-refractivity contribution in [1.82, 2.24) is 0 Å². The summed E-state index contributed by atoms with van der Waals surface area (Å²) in [5.41, 5.74) is 10.9. The van der Waals surface area contributed by atoms with Crippen molar-refractivity contribution in [2.75, 3.05) is 49.4 Å². The number of hydrogen-bond donors (Lipinski definition) is 0. The van der Waals surface area contributed by atoms with E-state index in [1.807, 2.05) is 0 Å². The molecule has 0 spiro atoms. The van der Waals surface area contributed by atoms with E-state index in [9.17, 15) is 4.57 Å². The molecule has 4 nitrogen and oxygen atoms in total. The number of rotatable bonds is 11. The monoisotopic (exact) mass is 487 g/mol. The molecule has 180 valence electrons. The van der Waals surface area contributed by atoms with Crippen LogP contribution in [0, 0.1) is 5.63 Å². The minimum absolute atomic E-state index is 0. The zero-order valence-electron chi connectivity index (χ0n) is 20.6. The molecule has 2 aromatic rings. The Labute approximate surface area is 207 Å². The molecule has 6 heteroatoms. The van der Waals surface area contributed by atoms with Crippen molar-refractivity contribution in [3.8, 4) is 5.63 Å². The second kappa shape index (κ2) is 13.8.